The summed E-state index contributed by atoms with van der Waals surface area (Å²) in [4.78, 5) is 25.9. The van der Waals surface area contributed by atoms with Crippen molar-refractivity contribution in [1.82, 2.24) is 9.80 Å². The summed E-state index contributed by atoms with van der Waals surface area (Å²) in [5.74, 6) is -0.719. The van der Waals surface area contributed by atoms with Crippen LogP contribution in [0.3, 0.4) is 0 Å². The van der Waals surface area contributed by atoms with Gasteiger partial charge in [0.1, 0.15) is 0 Å². The molecule has 0 radical (unpaired) electrons. The van der Waals surface area contributed by atoms with Crippen molar-refractivity contribution in [2.45, 2.75) is 32.1 Å². The van der Waals surface area contributed by atoms with E-state index in [-0.39, 0.29) is 12.3 Å². The zero-order valence-electron chi connectivity index (χ0n) is 11.2. The smallest absolute Gasteiger partial charge is 0.303 e. The normalized spacial score (nSPS) is 14.7. The molecule has 0 aromatic rings. The van der Waals surface area contributed by atoms with Gasteiger partial charge in [-0.1, -0.05) is 6.08 Å². The summed E-state index contributed by atoms with van der Waals surface area (Å²) in [6.07, 6.45) is 6.00. The number of hydrogen-bond donors (Lipinski definition) is 1. The van der Waals surface area contributed by atoms with Gasteiger partial charge in [-0.2, -0.15) is 0 Å². The van der Waals surface area contributed by atoms with Crippen molar-refractivity contribution < 1.29 is 14.7 Å². The second-order valence-corrected chi connectivity index (χ2v) is 4.78. The molecule has 0 bridgehead atoms. The standard InChI is InChI=1S/C13H22N2O3/c1-14(9-5-8-13(17)18)10-12(16)15(2)11-6-3-4-7-11/h6H,3-5,7-10H2,1-2H3,(H,17,18). The fraction of sp³-hybridized carbons (Fsp3) is 0.692. The highest BCUT2D eigenvalue weighted by atomic mass is 16.4. The van der Waals surface area contributed by atoms with Crippen molar-refractivity contribution in [3.63, 3.8) is 0 Å². The summed E-state index contributed by atoms with van der Waals surface area (Å²) >= 11 is 0. The van der Waals surface area contributed by atoms with Crippen LogP contribution in [-0.4, -0.2) is 54.0 Å². The van der Waals surface area contributed by atoms with Gasteiger partial charge in [0.2, 0.25) is 5.91 Å². The Morgan fingerprint density at radius 3 is 2.67 bits per heavy atom. The lowest BCUT2D eigenvalue weighted by Gasteiger charge is -2.22. The summed E-state index contributed by atoms with van der Waals surface area (Å²) < 4.78 is 0. The molecule has 0 saturated carbocycles. The van der Waals surface area contributed by atoms with Crippen molar-refractivity contribution in [1.29, 1.82) is 0 Å². The highest BCUT2D eigenvalue weighted by Crippen LogP contribution is 2.20. The molecule has 0 spiro atoms. The summed E-state index contributed by atoms with van der Waals surface area (Å²) in [5, 5.41) is 8.54. The lowest BCUT2D eigenvalue weighted by atomic mass is 10.3. The summed E-state index contributed by atoms with van der Waals surface area (Å²) in [7, 11) is 3.65. The first kappa shape index (κ1) is 14.7. The highest BCUT2D eigenvalue weighted by molar-refractivity contribution is 5.79. The lowest BCUT2D eigenvalue weighted by molar-refractivity contribution is -0.137. The van der Waals surface area contributed by atoms with E-state index in [0.717, 1.165) is 25.0 Å². The lowest BCUT2D eigenvalue weighted by Crippen LogP contribution is -2.36. The van der Waals surface area contributed by atoms with E-state index in [2.05, 4.69) is 6.08 Å². The second-order valence-electron chi connectivity index (χ2n) is 4.78. The molecular weight excluding hydrogens is 232 g/mol. The molecule has 1 aliphatic rings. The number of likely N-dealkylation sites (N-methyl/N-ethyl adjacent to an activating group) is 2. The average Bonchev–Trinajstić information content (AvgIpc) is 2.80. The molecule has 0 saturated heterocycles. The molecule has 0 fully saturated rings. The van der Waals surface area contributed by atoms with Gasteiger partial charge in [-0.25, -0.2) is 0 Å². The van der Waals surface area contributed by atoms with Gasteiger partial charge in [-0.3, -0.25) is 14.5 Å². The number of carboxylic acid groups (broad SMARTS) is 1. The first-order valence-corrected chi connectivity index (χ1v) is 6.36. The number of nitrogens with zero attached hydrogens (tertiary/aromatic N) is 2. The number of hydrogen-bond acceptors (Lipinski definition) is 3. The quantitative estimate of drug-likeness (QED) is 0.744. The summed E-state index contributed by atoms with van der Waals surface area (Å²) in [6.45, 7) is 0.971. The van der Waals surface area contributed by atoms with E-state index >= 15 is 0 Å². The summed E-state index contributed by atoms with van der Waals surface area (Å²) in [5.41, 5.74) is 1.11. The second kappa shape index (κ2) is 7.16. The molecule has 0 heterocycles. The van der Waals surface area contributed by atoms with Gasteiger partial charge in [0.25, 0.3) is 0 Å². The molecule has 0 aromatic carbocycles. The van der Waals surface area contributed by atoms with Gasteiger partial charge in [0, 0.05) is 19.2 Å². The van der Waals surface area contributed by atoms with Crippen LogP contribution in [0.1, 0.15) is 32.1 Å². The molecule has 18 heavy (non-hydrogen) atoms. The van der Waals surface area contributed by atoms with E-state index in [1.165, 1.54) is 0 Å². The van der Waals surface area contributed by atoms with Gasteiger partial charge >= 0.3 is 5.97 Å². The Kier molecular flexibility index (Phi) is 5.85. The van der Waals surface area contributed by atoms with Crippen molar-refractivity contribution in [2.75, 3.05) is 27.2 Å². The van der Waals surface area contributed by atoms with E-state index in [1.54, 1.807) is 4.90 Å². The number of carboxylic acids is 1. The van der Waals surface area contributed by atoms with Crippen LogP contribution in [-0.2, 0) is 9.59 Å². The average molecular weight is 254 g/mol. The minimum absolute atomic E-state index is 0.0703. The monoisotopic (exact) mass is 254 g/mol. The Morgan fingerprint density at radius 2 is 2.11 bits per heavy atom. The van der Waals surface area contributed by atoms with E-state index in [0.29, 0.717) is 19.5 Å². The van der Waals surface area contributed by atoms with E-state index in [1.807, 2.05) is 19.0 Å². The predicted octanol–water partition coefficient (Wildman–Crippen LogP) is 1.31. The minimum atomic E-state index is -0.789. The van der Waals surface area contributed by atoms with E-state index in [9.17, 15) is 9.59 Å². The Labute approximate surface area is 108 Å². The first-order valence-electron chi connectivity index (χ1n) is 6.36. The molecule has 0 aromatic heterocycles. The van der Waals surface area contributed by atoms with Crippen LogP contribution in [0.5, 0.6) is 0 Å². The van der Waals surface area contributed by atoms with Gasteiger partial charge in [-0.15, -0.1) is 0 Å². The summed E-state index contributed by atoms with van der Waals surface area (Å²) in [6, 6.07) is 0. The largest absolute Gasteiger partial charge is 0.481 e. The van der Waals surface area contributed by atoms with Crippen molar-refractivity contribution >= 4 is 11.9 Å². The number of carbonyl (C=O) groups excluding carboxylic acids is 1. The van der Waals surface area contributed by atoms with Crippen molar-refractivity contribution in [2.24, 2.45) is 0 Å². The van der Waals surface area contributed by atoms with Crippen LogP contribution in [0.2, 0.25) is 0 Å². The zero-order chi connectivity index (χ0) is 13.5. The highest BCUT2D eigenvalue weighted by Gasteiger charge is 2.17. The van der Waals surface area contributed by atoms with Crippen LogP contribution < -0.4 is 0 Å². The van der Waals surface area contributed by atoms with Gasteiger partial charge in [-0.05, 0) is 39.3 Å². The van der Waals surface area contributed by atoms with Crippen molar-refractivity contribution in [3.05, 3.63) is 11.8 Å². The third-order valence-corrected chi connectivity index (χ3v) is 3.16. The van der Waals surface area contributed by atoms with E-state index < -0.39 is 5.97 Å². The number of rotatable bonds is 7. The molecular formula is C13H22N2O3. The predicted molar refractivity (Wildman–Crippen MR) is 69.1 cm³/mol. The molecule has 1 N–H and O–H groups in total. The number of aliphatic carboxylic acids is 1. The Morgan fingerprint density at radius 1 is 1.39 bits per heavy atom. The molecule has 0 aliphatic heterocycles. The number of carbonyl (C=O) groups is 2. The molecule has 1 rings (SSSR count). The molecule has 5 heteroatoms. The van der Waals surface area contributed by atoms with Crippen LogP contribution >= 0.6 is 0 Å². The van der Waals surface area contributed by atoms with Crippen LogP contribution in [0.4, 0.5) is 0 Å². The van der Waals surface area contributed by atoms with Crippen LogP contribution in [0.15, 0.2) is 11.8 Å². The molecule has 1 aliphatic carbocycles. The Bertz CT molecular complexity index is 339. The maximum atomic E-state index is 12.0. The third kappa shape index (κ3) is 4.87. The zero-order valence-corrected chi connectivity index (χ0v) is 11.2. The van der Waals surface area contributed by atoms with Gasteiger partial charge in [0.05, 0.1) is 6.54 Å². The third-order valence-electron chi connectivity index (χ3n) is 3.16. The molecule has 102 valence electrons. The fourth-order valence-electron chi connectivity index (χ4n) is 2.03. The van der Waals surface area contributed by atoms with Crippen LogP contribution in [0.25, 0.3) is 0 Å². The minimum Gasteiger partial charge on any atom is -0.481 e. The van der Waals surface area contributed by atoms with Crippen LogP contribution in [0, 0.1) is 0 Å². The molecule has 5 nitrogen and oxygen atoms in total. The topological polar surface area (TPSA) is 60.9 Å². The first-order chi connectivity index (χ1) is 8.50. The molecule has 0 atom stereocenters. The SMILES string of the molecule is CN(CCCC(=O)O)CC(=O)N(C)C1=CCCC1. The number of allylic oxidation sites excluding steroid dienone is 2. The van der Waals surface area contributed by atoms with Gasteiger partial charge < -0.3 is 10.0 Å². The molecule has 1 amide bonds. The fourth-order valence-corrected chi connectivity index (χ4v) is 2.03. The Balaban J connectivity index is 2.28. The maximum Gasteiger partial charge on any atom is 0.303 e. The molecule has 0 unspecified atom stereocenters. The van der Waals surface area contributed by atoms with Gasteiger partial charge in [0.15, 0.2) is 0 Å². The number of amides is 1. The maximum absolute atomic E-state index is 12.0. The Hall–Kier alpha value is -1.36. The van der Waals surface area contributed by atoms with Crippen molar-refractivity contribution in [3.8, 4) is 0 Å². The van der Waals surface area contributed by atoms with E-state index in [4.69, 9.17) is 5.11 Å².